The van der Waals surface area contributed by atoms with Crippen molar-refractivity contribution in [2.75, 3.05) is 0 Å². The summed E-state index contributed by atoms with van der Waals surface area (Å²) in [5.41, 5.74) is -0.994. The Morgan fingerprint density at radius 2 is 0.938 bits per heavy atom. The molecule has 0 spiro atoms. The Bertz CT molecular complexity index is 638. The Hall–Kier alpha value is -2.79. The van der Waals surface area contributed by atoms with Gasteiger partial charge in [-0.3, -0.25) is 0 Å². The third kappa shape index (κ3) is 15.1. The number of carbonyl (C=O) groups excluding carboxylic acids is 3. The van der Waals surface area contributed by atoms with Gasteiger partial charge in [0.2, 0.25) is 12.6 Å². The van der Waals surface area contributed by atoms with Crippen LogP contribution < -0.4 is 0 Å². The summed E-state index contributed by atoms with van der Waals surface area (Å²) >= 11 is 0. The summed E-state index contributed by atoms with van der Waals surface area (Å²) < 4.78 is 19.4. The average Bonchev–Trinajstić information content (AvgIpc) is 2.58. The molecule has 0 saturated carbocycles. The second-order valence-electron chi connectivity index (χ2n) is 8.62. The molecule has 0 saturated heterocycles. The van der Waals surface area contributed by atoms with E-state index in [0.717, 1.165) is 12.5 Å². The third-order valence-electron chi connectivity index (χ3n) is 2.76. The quantitative estimate of drug-likeness (QED) is 0.116. The smallest absolute Gasteiger partial charge is 0.422 e. The van der Waals surface area contributed by atoms with E-state index in [4.69, 9.17) is 38.5 Å². The van der Waals surface area contributed by atoms with E-state index in [9.17, 15) is 14.4 Å². The van der Waals surface area contributed by atoms with Crippen LogP contribution in [-0.2, 0) is 48.1 Å². The van der Waals surface area contributed by atoms with Crippen LogP contribution in [0.1, 0.15) is 69.2 Å². The molecule has 0 amide bonds. The number of carbonyl (C=O) groups is 3. The monoisotopic (exact) mass is 462 g/mol. The minimum Gasteiger partial charge on any atom is -0.422 e. The first-order valence-corrected chi connectivity index (χ1v) is 9.82. The van der Waals surface area contributed by atoms with Crippen LogP contribution in [-0.4, -0.2) is 41.9 Å². The second kappa shape index (κ2) is 12.9. The van der Waals surface area contributed by atoms with Crippen molar-refractivity contribution in [2.24, 2.45) is 0 Å². The molecule has 0 N–H and O–H groups in total. The summed E-state index contributed by atoms with van der Waals surface area (Å²) in [6, 6.07) is 0. The molecule has 32 heavy (non-hydrogen) atoms. The van der Waals surface area contributed by atoms with Crippen LogP contribution >= 0.6 is 0 Å². The minimum absolute atomic E-state index is 0.0697. The van der Waals surface area contributed by atoms with E-state index in [1.54, 1.807) is 41.5 Å². The molecule has 0 aromatic carbocycles. The number of hydrogen-bond acceptors (Lipinski definition) is 11. The molecule has 0 aromatic rings. The van der Waals surface area contributed by atoms with Gasteiger partial charge in [0, 0.05) is 13.8 Å². The van der Waals surface area contributed by atoms with Crippen molar-refractivity contribution in [3.63, 3.8) is 0 Å². The summed E-state index contributed by atoms with van der Waals surface area (Å²) in [4.78, 5) is 55.3. The van der Waals surface area contributed by atoms with Crippen LogP contribution in [0.2, 0.25) is 0 Å². The van der Waals surface area contributed by atoms with Crippen molar-refractivity contribution < 1.29 is 52.9 Å². The van der Waals surface area contributed by atoms with Crippen molar-refractivity contribution in [2.45, 2.75) is 93.0 Å². The summed E-state index contributed by atoms with van der Waals surface area (Å²) in [6.07, 6.45) is -1.66. The van der Waals surface area contributed by atoms with Gasteiger partial charge in [0.1, 0.15) is 23.7 Å². The number of ether oxygens (including phenoxy) is 4. The van der Waals surface area contributed by atoms with Gasteiger partial charge in [0.05, 0.1) is 11.1 Å². The van der Waals surface area contributed by atoms with Crippen LogP contribution in [0.5, 0.6) is 0 Å². The maximum Gasteiger partial charge on any atom is 0.514 e. The lowest BCUT2D eigenvalue weighted by Gasteiger charge is -2.18. The minimum atomic E-state index is -1.28. The van der Waals surface area contributed by atoms with Crippen molar-refractivity contribution in [1.82, 2.24) is 0 Å². The highest BCUT2D eigenvalue weighted by atomic mass is 17.2. The summed E-state index contributed by atoms with van der Waals surface area (Å²) in [6.45, 7) is 16.0. The molecule has 2 unspecified atom stereocenters. The number of esters is 2. The topological polar surface area (TPSA) is 125 Å². The van der Waals surface area contributed by atoms with Gasteiger partial charge >= 0.3 is 18.1 Å². The van der Waals surface area contributed by atoms with E-state index in [1.165, 1.54) is 27.7 Å². The predicted molar refractivity (Wildman–Crippen MR) is 110 cm³/mol. The van der Waals surface area contributed by atoms with Crippen molar-refractivity contribution in [3.05, 3.63) is 23.7 Å². The lowest BCUT2D eigenvalue weighted by molar-refractivity contribution is -0.311. The molecule has 0 aliphatic carbocycles. The predicted octanol–water partition coefficient (Wildman–Crippen LogP) is 4.22. The van der Waals surface area contributed by atoms with E-state index in [-0.39, 0.29) is 11.1 Å². The largest absolute Gasteiger partial charge is 0.514 e. The molecule has 184 valence electrons. The average molecular weight is 462 g/mol. The van der Waals surface area contributed by atoms with E-state index < -0.39 is 41.9 Å². The molecule has 0 aliphatic heterocycles. The molecule has 11 heteroatoms. The zero-order valence-electron chi connectivity index (χ0n) is 20.3. The Labute approximate surface area is 188 Å². The lowest BCUT2D eigenvalue weighted by Crippen LogP contribution is -2.27. The molecule has 0 radical (unpaired) electrons. The van der Waals surface area contributed by atoms with Gasteiger partial charge in [-0.2, -0.15) is 9.78 Å². The highest BCUT2D eigenvalue weighted by molar-refractivity contribution is 5.88. The molecule has 0 heterocycles. The Kier molecular flexibility index (Phi) is 11.8. The van der Waals surface area contributed by atoms with Gasteiger partial charge in [0.25, 0.3) is 0 Å². The first-order chi connectivity index (χ1) is 14.5. The van der Waals surface area contributed by atoms with Crippen LogP contribution in [0.4, 0.5) is 4.79 Å². The van der Waals surface area contributed by atoms with Crippen molar-refractivity contribution in [3.8, 4) is 0 Å². The van der Waals surface area contributed by atoms with Gasteiger partial charge in [-0.05, 0) is 55.4 Å². The molecule has 0 aliphatic rings. The van der Waals surface area contributed by atoms with Crippen LogP contribution in [0.3, 0.4) is 0 Å². The second-order valence-corrected chi connectivity index (χ2v) is 8.62. The molecule has 0 fully saturated rings. The Morgan fingerprint density at radius 1 is 0.625 bits per heavy atom. The summed E-state index contributed by atoms with van der Waals surface area (Å²) in [5.74, 6) is -1.61. The molecular weight excluding hydrogens is 428 g/mol. The molecule has 2 atom stereocenters. The van der Waals surface area contributed by atoms with Crippen LogP contribution in [0.15, 0.2) is 23.7 Å². The van der Waals surface area contributed by atoms with Crippen molar-refractivity contribution >= 4 is 18.1 Å². The van der Waals surface area contributed by atoms with E-state index >= 15 is 0 Å². The van der Waals surface area contributed by atoms with Gasteiger partial charge in [-0.1, -0.05) is 0 Å². The number of hydrogen-bond donors (Lipinski definition) is 0. The maximum absolute atomic E-state index is 11.9. The molecule has 11 nitrogen and oxygen atoms in total. The van der Waals surface area contributed by atoms with Crippen molar-refractivity contribution in [1.29, 1.82) is 0 Å². The highest BCUT2D eigenvalue weighted by Gasteiger charge is 2.21. The van der Waals surface area contributed by atoms with Gasteiger partial charge in [-0.15, -0.1) is 0 Å². The summed E-state index contributed by atoms with van der Waals surface area (Å²) in [7, 11) is 0. The number of rotatable bonds is 10. The van der Waals surface area contributed by atoms with Gasteiger partial charge < -0.3 is 28.7 Å². The zero-order valence-corrected chi connectivity index (χ0v) is 20.3. The van der Waals surface area contributed by atoms with E-state index in [1.807, 2.05) is 0 Å². The van der Waals surface area contributed by atoms with Gasteiger partial charge in [0.15, 0.2) is 0 Å². The molecule has 0 aromatic heterocycles. The SMILES string of the molecule is C/C(=C\OOC(C)(C)C)C(=O)OC(C)OC(=O)OC(C)OC(=O)/C(C)=C/OOC(C)(C)C. The molecule has 0 rings (SSSR count). The first-order valence-electron chi connectivity index (χ1n) is 9.82. The lowest BCUT2D eigenvalue weighted by atomic mass is 10.2. The molecule has 0 bridgehead atoms. The fraction of sp³-hybridized carbons (Fsp3) is 0.667. The fourth-order valence-electron chi connectivity index (χ4n) is 1.41. The standard InChI is InChI=1S/C21H34O11/c1-13(11-25-31-20(5,6)7)17(22)27-15(3)29-19(24)30-16(4)28-18(23)14(2)12-26-32-21(8,9)10/h11-12,15-16H,1-10H3/b13-11+,14-12+. The van der Waals surface area contributed by atoms with E-state index in [2.05, 4.69) is 0 Å². The van der Waals surface area contributed by atoms with E-state index in [0.29, 0.717) is 0 Å². The first kappa shape index (κ1) is 29.2. The normalized spacial score (nSPS) is 14.7. The van der Waals surface area contributed by atoms with Gasteiger partial charge in [-0.25, -0.2) is 14.4 Å². The highest BCUT2D eigenvalue weighted by Crippen LogP contribution is 2.11. The summed E-state index contributed by atoms with van der Waals surface area (Å²) in [5, 5.41) is 0. The van der Waals surface area contributed by atoms with Crippen LogP contribution in [0, 0.1) is 0 Å². The maximum atomic E-state index is 11.9. The zero-order chi connectivity index (χ0) is 25.1. The molecular formula is C21H34O11. The Morgan fingerprint density at radius 3 is 1.22 bits per heavy atom. The third-order valence-corrected chi connectivity index (χ3v) is 2.76. The Balaban J connectivity index is 4.45. The van der Waals surface area contributed by atoms with Crippen LogP contribution in [0.25, 0.3) is 0 Å². The fourth-order valence-corrected chi connectivity index (χ4v) is 1.41.